The zero-order chi connectivity index (χ0) is 16.3. The van der Waals surface area contributed by atoms with E-state index in [1.54, 1.807) is 0 Å². The largest absolute Gasteiger partial charge is 0.387 e. The predicted octanol–water partition coefficient (Wildman–Crippen LogP) is -0.339. The highest BCUT2D eigenvalue weighted by atomic mass is 16.5. The Morgan fingerprint density at radius 3 is 2.68 bits per heavy atom. The van der Waals surface area contributed by atoms with Crippen LogP contribution in [0.5, 0.6) is 0 Å². The minimum Gasteiger partial charge on any atom is -0.387 e. The number of hydrogen-bond donors (Lipinski definition) is 3. The van der Waals surface area contributed by atoms with Crippen molar-refractivity contribution in [1.29, 1.82) is 0 Å². The molecule has 1 unspecified atom stereocenters. The standard InChI is InChI=1S/C15H32N4O3/c1-4-16-14(17-6-9-21-5-2)18-12-15(3,20)13-19-7-10-22-11-8-19/h20H,4-13H2,1-3H3,(H2,16,17,18). The molecule has 0 spiro atoms. The van der Waals surface area contributed by atoms with Crippen LogP contribution in [-0.4, -0.2) is 87.3 Å². The van der Waals surface area contributed by atoms with Crippen molar-refractivity contribution in [3.63, 3.8) is 0 Å². The van der Waals surface area contributed by atoms with E-state index in [1.807, 2.05) is 20.8 Å². The second kappa shape index (κ2) is 10.8. The van der Waals surface area contributed by atoms with Crippen LogP contribution >= 0.6 is 0 Å². The number of nitrogens with zero attached hydrogens (tertiary/aromatic N) is 2. The summed E-state index contributed by atoms with van der Waals surface area (Å²) in [5.74, 6) is 0.712. The van der Waals surface area contributed by atoms with Gasteiger partial charge in [-0.1, -0.05) is 0 Å². The second-order valence-electron chi connectivity index (χ2n) is 5.70. The Hall–Kier alpha value is -0.890. The number of β-amino-alcohol motifs (C(OH)–C–C–N with tert-alkyl or cyclic N) is 1. The SMILES string of the molecule is CCNC(=NCC(C)(O)CN1CCOCC1)NCCOCC. The summed E-state index contributed by atoms with van der Waals surface area (Å²) < 4.78 is 10.6. The van der Waals surface area contributed by atoms with E-state index in [1.165, 1.54) is 0 Å². The molecule has 130 valence electrons. The molecule has 0 aromatic rings. The molecule has 3 N–H and O–H groups in total. The molecule has 7 nitrogen and oxygen atoms in total. The highest BCUT2D eigenvalue weighted by molar-refractivity contribution is 5.79. The summed E-state index contributed by atoms with van der Waals surface area (Å²) in [7, 11) is 0. The van der Waals surface area contributed by atoms with Gasteiger partial charge in [0, 0.05) is 39.3 Å². The fourth-order valence-electron chi connectivity index (χ4n) is 2.27. The Labute approximate surface area is 134 Å². The summed E-state index contributed by atoms with van der Waals surface area (Å²) in [6.45, 7) is 12.8. The van der Waals surface area contributed by atoms with Gasteiger partial charge in [-0.05, 0) is 20.8 Å². The number of nitrogens with one attached hydrogen (secondary N) is 2. The van der Waals surface area contributed by atoms with Gasteiger partial charge in [0.15, 0.2) is 5.96 Å². The van der Waals surface area contributed by atoms with Crippen molar-refractivity contribution in [2.24, 2.45) is 4.99 Å². The Morgan fingerprint density at radius 1 is 1.32 bits per heavy atom. The number of guanidine groups is 1. The van der Waals surface area contributed by atoms with Gasteiger partial charge >= 0.3 is 0 Å². The summed E-state index contributed by atoms with van der Waals surface area (Å²) in [6.07, 6.45) is 0. The van der Waals surface area contributed by atoms with Crippen molar-refractivity contribution < 1.29 is 14.6 Å². The first-order valence-electron chi connectivity index (χ1n) is 8.20. The van der Waals surface area contributed by atoms with Crippen LogP contribution in [0.25, 0.3) is 0 Å². The zero-order valence-electron chi connectivity index (χ0n) is 14.2. The van der Waals surface area contributed by atoms with Gasteiger partial charge in [0.2, 0.25) is 0 Å². The minimum atomic E-state index is -0.848. The number of aliphatic imine (C=N–C) groups is 1. The molecule has 0 saturated carbocycles. The van der Waals surface area contributed by atoms with Gasteiger partial charge in [-0.15, -0.1) is 0 Å². The van der Waals surface area contributed by atoms with Gasteiger partial charge in [-0.3, -0.25) is 9.89 Å². The minimum absolute atomic E-state index is 0.355. The van der Waals surface area contributed by atoms with Crippen LogP contribution in [0.2, 0.25) is 0 Å². The summed E-state index contributed by atoms with van der Waals surface area (Å²) >= 11 is 0. The van der Waals surface area contributed by atoms with Gasteiger partial charge in [0.1, 0.15) is 0 Å². The quantitative estimate of drug-likeness (QED) is 0.307. The van der Waals surface area contributed by atoms with Crippen LogP contribution in [-0.2, 0) is 9.47 Å². The van der Waals surface area contributed by atoms with E-state index in [-0.39, 0.29) is 0 Å². The van der Waals surface area contributed by atoms with Gasteiger partial charge in [0.25, 0.3) is 0 Å². The van der Waals surface area contributed by atoms with Crippen LogP contribution in [0.1, 0.15) is 20.8 Å². The maximum absolute atomic E-state index is 10.5. The molecule has 1 aliphatic rings. The molecule has 0 radical (unpaired) electrons. The van der Waals surface area contributed by atoms with Crippen molar-refractivity contribution in [3.8, 4) is 0 Å². The molecule has 1 saturated heterocycles. The van der Waals surface area contributed by atoms with Crippen LogP contribution in [0.4, 0.5) is 0 Å². The van der Waals surface area contributed by atoms with E-state index in [0.717, 1.165) is 32.8 Å². The first-order chi connectivity index (χ1) is 10.6. The molecule has 22 heavy (non-hydrogen) atoms. The first-order valence-corrected chi connectivity index (χ1v) is 8.20. The zero-order valence-corrected chi connectivity index (χ0v) is 14.2. The Kier molecular flexibility index (Phi) is 9.38. The van der Waals surface area contributed by atoms with Gasteiger partial charge in [0.05, 0.1) is 32.0 Å². The monoisotopic (exact) mass is 316 g/mol. The number of ether oxygens (including phenoxy) is 2. The highest BCUT2D eigenvalue weighted by Crippen LogP contribution is 2.09. The molecule has 0 aromatic carbocycles. The normalized spacial score (nSPS) is 19.7. The summed E-state index contributed by atoms with van der Waals surface area (Å²) in [5, 5.41) is 16.9. The summed E-state index contributed by atoms with van der Waals surface area (Å²) in [5.41, 5.74) is -0.848. The van der Waals surface area contributed by atoms with Crippen LogP contribution < -0.4 is 10.6 Å². The van der Waals surface area contributed by atoms with Crippen molar-refractivity contribution >= 4 is 5.96 Å². The molecular weight excluding hydrogens is 284 g/mol. The molecule has 1 aliphatic heterocycles. The lowest BCUT2D eigenvalue weighted by molar-refractivity contribution is -0.0180. The van der Waals surface area contributed by atoms with E-state index in [4.69, 9.17) is 9.47 Å². The fourth-order valence-corrected chi connectivity index (χ4v) is 2.27. The lowest BCUT2D eigenvalue weighted by Crippen LogP contribution is -2.48. The average molecular weight is 316 g/mol. The van der Waals surface area contributed by atoms with E-state index in [0.29, 0.717) is 38.8 Å². The molecule has 0 bridgehead atoms. The lowest BCUT2D eigenvalue weighted by Gasteiger charge is -2.33. The summed E-state index contributed by atoms with van der Waals surface area (Å²) in [6, 6.07) is 0. The molecule has 1 rings (SSSR count). The topological polar surface area (TPSA) is 78.4 Å². The molecule has 1 atom stereocenters. The maximum Gasteiger partial charge on any atom is 0.191 e. The summed E-state index contributed by atoms with van der Waals surface area (Å²) in [4.78, 5) is 6.70. The predicted molar refractivity (Wildman–Crippen MR) is 88.4 cm³/mol. The number of hydrogen-bond acceptors (Lipinski definition) is 5. The van der Waals surface area contributed by atoms with Gasteiger partial charge < -0.3 is 25.2 Å². The van der Waals surface area contributed by atoms with Gasteiger partial charge in [-0.25, -0.2) is 0 Å². The second-order valence-corrected chi connectivity index (χ2v) is 5.70. The number of rotatable bonds is 9. The van der Waals surface area contributed by atoms with Gasteiger partial charge in [-0.2, -0.15) is 0 Å². The van der Waals surface area contributed by atoms with Crippen molar-refractivity contribution in [2.75, 3.05) is 65.7 Å². The lowest BCUT2D eigenvalue weighted by atomic mass is 10.1. The third kappa shape index (κ3) is 8.53. The van der Waals surface area contributed by atoms with E-state index >= 15 is 0 Å². The Morgan fingerprint density at radius 2 is 2.05 bits per heavy atom. The van der Waals surface area contributed by atoms with Crippen LogP contribution in [0.3, 0.4) is 0 Å². The first kappa shape index (κ1) is 19.2. The van der Waals surface area contributed by atoms with E-state index < -0.39 is 5.60 Å². The Bertz CT molecular complexity index is 318. The highest BCUT2D eigenvalue weighted by Gasteiger charge is 2.25. The molecule has 7 heteroatoms. The molecule has 1 heterocycles. The number of aliphatic hydroxyl groups is 1. The van der Waals surface area contributed by atoms with Crippen LogP contribution in [0, 0.1) is 0 Å². The fraction of sp³-hybridized carbons (Fsp3) is 0.933. The maximum atomic E-state index is 10.5. The van der Waals surface area contributed by atoms with Crippen LogP contribution in [0.15, 0.2) is 4.99 Å². The molecule has 0 amide bonds. The smallest absolute Gasteiger partial charge is 0.191 e. The molecule has 0 aromatic heterocycles. The Balaban J connectivity index is 2.40. The average Bonchev–Trinajstić information content (AvgIpc) is 2.49. The molecule has 1 fully saturated rings. The molecular formula is C15H32N4O3. The van der Waals surface area contributed by atoms with Crippen molar-refractivity contribution in [3.05, 3.63) is 0 Å². The van der Waals surface area contributed by atoms with Crippen molar-refractivity contribution in [1.82, 2.24) is 15.5 Å². The molecule has 0 aliphatic carbocycles. The third-order valence-corrected chi connectivity index (χ3v) is 3.33. The van der Waals surface area contributed by atoms with Crippen molar-refractivity contribution in [2.45, 2.75) is 26.4 Å². The number of morpholine rings is 1. The van der Waals surface area contributed by atoms with E-state index in [2.05, 4.69) is 20.5 Å². The third-order valence-electron chi connectivity index (χ3n) is 3.33. The van der Waals surface area contributed by atoms with E-state index in [9.17, 15) is 5.11 Å².